The number of carboxylic acid groups (broad SMARTS) is 1. The first kappa shape index (κ1) is 23.3. The second-order valence-electron chi connectivity index (χ2n) is 6.93. The van der Waals surface area contributed by atoms with Crippen molar-refractivity contribution in [3.8, 4) is 11.5 Å². The van der Waals surface area contributed by atoms with Crippen LogP contribution in [0, 0.1) is 0 Å². The topological polar surface area (TPSA) is 114 Å². The Kier molecular flexibility index (Phi) is 7.64. The van der Waals surface area contributed by atoms with Crippen LogP contribution in [0.1, 0.15) is 44.9 Å². The zero-order chi connectivity index (χ0) is 23.8. The molecule has 0 aliphatic heterocycles. The second-order valence-corrected chi connectivity index (χ2v) is 6.93. The van der Waals surface area contributed by atoms with Crippen LogP contribution in [0.5, 0.6) is 11.5 Å². The molecule has 0 saturated carbocycles. The first-order chi connectivity index (χ1) is 15.9. The van der Waals surface area contributed by atoms with Crippen LogP contribution in [0.4, 0.5) is 11.4 Å². The van der Waals surface area contributed by atoms with Gasteiger partial charge in [0.15, 0.2) is 0 Å². The van der Waals surface area contributed by atoms with Crippen molar-refractivity contribution in [3.05, 3.63) is 83.4 Å². The molecule has 0 aromatic heterocycles. The molecule has 0 aliphatic rings. The van der Waals surface area contributed by atoms with E-state index in [9.17, 15) is 19.5 Å². The molecule has 0 bridgehead atoms. The van der Waals surface area contributed by atoms with E-state index in [-0.39, 0.29) is 16.9 Å². The third-order valence-electron chi connectivity index (χ3n) is 4.51. The summed E-state index contributed by atoms with van der Waals surface area (Å²) in [5, 5.41) is 14.8. The molecule has 0 spiro atoms. The predicted octanol–water partition coefficient (Wildman–Crippen LogP) is 4.69. The molecule has 0 unspecified atom stereocenters. The molecule has 8 nitrogen and oxygen atoms in total. The number of hydrogen-bond donors (Lipinski definition) is 3. The number of carbonyl (C=O) groups is 3. The quantitative estimate of drug-likeness (QED) is 0.438. The van der Waals surface area contributed by atoms with E-state index in [1.807, 2.05) is 13.8 Å². The van der Waals surface area contributed by atoms with Gasteiger partial charge >= 0.3 is 5.97 Å². The fourth-order valence-electron chi connectivity index (χ4n) is 3.09. The molecule has 3 aromatic carbocycles. The van der Waals surface area contributed by atoms with Crippen molar-refractivity contribution in [2.45, 2.75) is 13.8 Å². The Labute approximate surface area is 191 Å². The molecule has 0 aliphatic carbocycles. The highest BCUT2D eigenvalue weighted by molar-refractivity contribution is 6.07. The monoisotopic (exact) mass is 448 g/mol. The van der Waals surface area contributed by atoms with Crippen molar-refractivity contribution in [1.29, 1.82) is 0 Å². The second kappa shape index (κ2) is 10.8. The van der Waals surface area contributed by atoms with E-state index in [0.717, 1.165) is 0 Å². The summed E-state index contributed by atoms with van der Waals surface area (Å²) in [6.07, 6.45) is 0. The van der Waals surface area contributed by atoms with Gasteiger partial charge in [-0.25, -0.2) is 4.79 Å². The fraction of sp³-hybridized carbons (Fsp3) is 0.160. The van der Waals surface area contributed by atoms with Gasteiger partial charge in [-0.3, -0.25) is 9.59 Å². The fourth-order valence-corrected chi connectivity index (χ4v) is 3.09. The molecule has 0 heterocycles. The van der Waals surface area contributed by atoms with Gasteiger partial charge in [-0.15, -0.1) is 0 Å². The third-order valence-corrected chi connectivity index (χ3v) is 4.51. The van der Waals surface area contributed by atoms with Gasteiger partial charge in [-0.05, 0) is 68.4 Å². The summed E-state index contributed by atoms with van der Waals surface area (Å²) in [7, 11) is 0. The van der Waals surface area contributed by atoms with Crippen molar-refractivity contribution < 1.29 is 29.0 Å². The van der Waals surface area contributed by atoms with Crippen molar-refractivity contribution in [3.63, 3.8) is 0 Å². The first-order valence-corrected chi connectivity index (χ1v) is 10.4. The number of amides is 2. The Morgan fingerprint density at radius 2 is 1.15 bits per heavy atom. The zero-order valence-corrected chi connectivity index (χ0v) is 18.3. The zero-order valence-electron chi connectivity index (χ0n) is 18.3. The maximum Gasteiger partial charge on any atom is 0.335 e. The van der Waals surface area contributed by atoms with Crippen LogP contribution in [-0.2, 0) is 0 Å². The van der Waals surface area contributed by atoms with Gasteiger partial charge in [0.25, 0.3) is 11.8 Å². The minimum atomic E-state index is -1.20. The molecule has 0 atom stereocenters. The summed E-state index contributed by atoms with van der Waals surface area (Å²) < 4.78 is 10.8. The van der Waals surface area contributed by atoms with E-state index in [1.54, 1.807) is 48.5 Å². The molecule has 3 rings (SSSR count). The number of carboxylic acids is 1. The maximum atomic E-state index is 12.7. The molecule has 8 heteroatoms. The van der Waals surface area contributed by atoms with Crippen LogP contribution in [0.25, 0.3) is 0 Å². The standard InChI is InChI=1S/C25H24N2O6/c1-3-32-21-9-5-7-16(13-21)23(28)26-19-11-18(25(30)31)12-20(15-19)27-24(29)17-8-6-10-22(14-17)33-4-2/h5-15H,3-4H2,1-2H3,(H,26,28)(H,27,29)(H,30,31). The smallest absolute Gasteiger partial charge is 0.335 e. The number of benzene rings is 3. The van der Waals surface area contributed by atoms with Crippen molar-refractivity contribution in [2.24, 2.45) is 0 Å². The molecule has 0 fully saturated rings. The van der Waals surface area contributed by atoms with Gasteiger partial charge in [-0.2, -0.15) is 0 Å². The molecular formula is C25H24N2O6. The third kappa shape index (κ3) is 6.33. The van der Waals surface area contributed by atoms with Crippen LogP contribution >= 0.6 is 0 Å². The van der Waals surface area contributed by atoms with E-state index in [0.29, 0.717) is 35.8 Å². The number of ether oxygens (including phenoxy) is 2. The molecular weight excluding hydrogens is 424 g/mol. The van der Waals surface area contributed by atoms with E-state index in [1.165, 1.54) is 18.2 Å². The van der Waals surface area contributed by atoms with Crippen LogP contribution in [0.2, 0.25) is 0 Å². The van der Waals surface area contributed by atoms with Crippen molar-refractivity contribution in [1.82, 2.24) is 0 Å². The van der Waals surface area contributed by atoms with Gasteiger partial charge in [0.05, 0.1) is 18.8 Å². The largest absolute Gasteiger partial charge is 0.494 e. The van der Waals surface area contributed by atoms with Crippen LogP contribution in [-0.4, -0.2) is 36.1 Å². The minimum Gasteiger partial charge on any atom is -0.494 e. The van der Waals surface area contributed by atoms with Crippen LogP contribution in [0.15, 0.2) is 66.7 Å². The summed E-state index contributed by atoms with van der Waals surface area (Å²) in [5.74, 6) is -0.988. The molecule has 0 saturated heterocycles. The Morgan fingerprint density at radius 3 is 1.55 bits per heavy atom. The number of carbonyl (C=O) groups excluding carboxylic acids is 2. The summed E-state index contributed by atoms with van der Waals surface area (Å²) in [5.41, 5.74) is 1.05. The maximum absolute atomic E-state index is 12.7. The van der Waals surface area contributed by atoms with Gasteiger partial charge in [-0.1, -0.05) is 12.1 Å². The summed E-state index contributed by atoms with van der Waals surface area (Å²) in [6.45, 7) is 4.60. The van der Waals surface area contributed by atoms with Crippen LogP contribution in [0.3, 0.4) is 0 Å². The van der Waals surface area contributed by atoms with E-state index < -0.39 is 17.8 Å². The Balaban J connectivity index is 1.83. The van der Waals surface area contributed by atoms with Gasteiger partial charge in [0.2, 0.25) is 0 Å². The van der Waals surface area contributed by atoms with Gasteiger partial charge < -0.3 is 25.2 Å². The molecule has 33 heavy (non-hydrogen) atoms. The minimum absolute atomic E-state index is 0.0887. The van der Waals surface area contributed by atoms with Crippen LogP contribution < -0.4 is 20.1 Å². The SMILES string of the molecule is CCOc1cccc(C(=O)Nc2cc(NC(=O)c3cccc(OCC)c3)cc(C(=O)O)c2)c1. The predicted molar refractivity (Wildman–Crippen MR) is 125 cm³/mol. The summed E-state index contributed by atoms with van der Waals surface area (Å²) in [6, 6.07) is 17.4. The number of anilines is 2. The van der Waals surface area contributed by atoms with Gasteiger partial charge in [0, 0.05) is 22.5 Å². The Hall–Kier alpha value is -4.33. The number of nitrogens with one attached hydrogen (secondary N) is 2. The van der Waals surface area contributed by atoms with E-state index in [4.69, 9.17) is 9.47 Å². The number of aromatic carboxylic acids is 1. The number of rotatable bonds is 9. The van der Waals surface area contributed by atoms with E-state index >= 15 is 0 Å². The number of hydrogen-bond acceptors (Lipinski definition) is 5. The average Bonchev–Trinajstić information content (AvgIpc) is 2.79. The molecule has 3 aromatic rings. The molecule has 3 N–H and O–H groups in total. The molecule has 170 valence electrons. The first-order valence-electron chi connectivity index (χ1n) is 10.4. The van der Waals surface area contributed by atoms with Gasteiger partial charge in [0.1, 0.15) is 11.5 Å². The summed E-state index contributed by atoms with van der Waals surface area (Å²) in [4.78, 5) is 37.0. The lowest BCUT2D eigenvalue weighted by Crippen LogP contribution is -2.15. The molecule has 2 amide bonds. The lowest BCUT2D eigenvalue weighted by atomic mass is 10.1. The highest BCUT2D eigenvalue weighted by atomic mass is 16.5. The lowest BCUT2D eigenvalue weighted by Gasteiger charge is -2.12. The Morgan fingerprint density at radius 1 is 0.697 bits per heavy atom. The molecule has 0 radical (unpaired) electrons. The summed E-state index contributed by atoms with van der Waals surface area (Å²) >= 11 is 0. The van der Waals surface area contributed by atoms with Crippen molar-refractivity contribution >= 4 is 29.2 Å². The highest BCUT2D eigenvalue weighted by Crippen LogP contribution is 2.22. The Bertz CT molecular complexity index is 1090. The van der Waals surface area contributed by atoms with Crippen molar-refractivity contribution in [2.75, 3.05) is 23.8 Å². The lowest BCUT2D eigenvalue weighted by molar-refractivity contribution is 0.0696. The normalized spacial score (nSPS) is 10.2. The average molecular weight is 448 g/mol. The highest BCUT2D eigenvalue weighted by Gasteiger charge is 2.14. The van der Waals surface area contributed by atoms with E-state index in [2.05, 4.69) is 10.6 Å².